The Balaban J connectivity index is 2.25. The first-order valence-corrected chi connectivity index (χ1v) is 6.86. The average Bonchev–Trinajstić information content (AvgIpc) is 2.48. The SMILES string of the molecule is COc1cc(Cl)c(C)cc1NCc1ccccc1C(N)=O. The van der Waals surface area contributed by atoms with Crippen LogP contribution >= 0.6 is 11.6 Å². The van der Waals surface area contributed by atoms with Crippen molar-refractivity contribution < 1.29 is 9.53 Å². The smallest absolute Gasteiger partial charge is 0.249 e. The standard InChI is InChI=1S/C16H17ClN2O2/c1-10-7-14(15(21-2)8-13(10)17)19-9-11-5-3-4-6-12(11)16(18)20/h3-8,19H,9H2,1-2H3,(H2,18,20). The molecule has 0 aliphatic heterocycles. The highest BCUT2D eigenvalue weighted by atomic mass is 35.5. The van der Waals surface area contributed by atoms with E-state index >= 15 is 0 Å². The van der Waals surface area contributed by atoms with Gasteiger partial charge in [-0.25, -0.2) is 0 Å². The van der Waals surface area contributed by atoms with Crippen LogP contribution in [0.15, 0.2) is 36.4 Å². The minimum atomic E-state index is -0.438. The van der Waals surface area contributed by atoms with Crippen molar-refractivity contribution in [3.8, 4) is 5.75 Å². The van der Waals surface area contributed by atoms with Crippen molar-refractivity contribution in [1.82, 2.24) is 0 Å². The van der Waals surface area contributed by atoms with Crippen molar-refractivity contribution in [3.05, 3.63) is 58.1 Å². The zero-order chi connectivity index (χ0) is 15.4. The number of ether oxygens (including phenoxy) is 1. The summed E-state index contributed by atoms with van der Waals surface area (Å²) in [5.74, 6) is 0.216. The Hall–Kier alpha value is -2.20. The molecule has 3 N–H and O–H groups in total. The molecule has 0 aliphatic carbocycles. The van der Waals surface area contributed by atoms with E-state index in [1.165, 1.54) is 0 Å². The van der Waals surface area contributed by atoms with Crippen molar-refractivity contribution in [2.45, 2.75) is 13.5 Å². The second kappa shape index (κ2) is 6.50. The number of carbonyl (C=O) groups is 1. The van der Waals surface area contributed by atoms with Gasteiger partial charge in [-0.05, 0) is 30.2 Å². The van der Waals surface area contributed by atoms with Gasteiger partial charge in [0.25, 0.3) is 0 Å². The fraction of sp³-hybridized carbons (Fsp3) is 0.188. The van der Waals surface area contributed by atoms with Gasteiger partial charge in [0.1, 0.15) is 5.75 Å². The van der Waals surface area contributed by atoms with Crippen LogP contribution in [0.1, 0.15) is 21.5 Å². The molecule has 5 heteroatoms. The first-order chi connectivity index (χ1) is 10.0. The maximum atomic E-state index is 11.4. The van der Waals surface area contributed by atoms with Crippen LogP contribution in [0, 0.1) is 6.92 Å². The van der Waals surface area contributed by atoms with E-state index in [1.54, 1.807) is 25.3 Å². The Morgan fingerprint density at radius 1 is 1.33 bits per heavy atom. The Labute approximate surface area is 128 Å². The van der Waals surface area contributed by atoms with Crippen LogP contribution in [0.5, 0.6) is 5.75 Å². The number of aryl methyl sites for hydroxylation is 1. The molecule has 2 aromatic carbocycles. The second-order valence-electron chi connectivity index (χ2n) is 4.68. The van der Waals surface area contributed by atoms with Crippen molar-refractivity contribution in [1.29, 1.82) is 0 Å². The number of halogens is 1. The molecule has 4 nitrogen and oxygen atoms in total. The zero-order valence-corrected chi connectivity index (χ0v) is 12.7. The average molecular weight is 305 g/mol. The van der Waals surface area contributed by atoms with Gasteiger partial charge in [-0.1, -0.05) is 29.8 Å². The van der Waals surface area contributed by atoms with Gasteiger partial charge in [0.05, 0.1) is 12.8 Å². The quantitative estimate of drug-likeness (QED) is 0.890. The molecule has 1 amide bonds. The van der Waals surface area contributed by atoms with Crippen LogP contribution in [0.25, 0.3) is 0 Å². The molecule has 2 rings (SSSR count). The maximum absolute atomic E-state index is 11.4. The molecular weight excluding hydrogens is 288 g/mol. The van der Waals surface area contributed by atoms with E-state index in [4.69, 9.17) is 22.1 Å². The number of nitrogens with two attached hydrogens (primary N) is 1. The third-order valence-electron chi connectivity index (χ3n) is 3.23. The summed E-state index contributed by atoms with van der Waals surface area (Å²) in [5.41, 5.74) is 8.48. The molecule has 0 atom stereocenters. The van der Waals surface area contributed by atoms with Crippen molar-refractivity contribution in [2.75, 3.05) is 12.4 Å². The Morgan fingerprint density at radius 3 is 2.71 bits per heavy atom. The summed E-state index contributed by atoms with van der Waals surface area (Å²) < 4.78 is 5.31. The number of amides is 1. The predicted molar refractivity (Wildman–Crippen MR) is 85.0 cm³/mol. The molecule has 0 unspecified atom stereocenters. The number of benzene rings is 2. The number of rotatable bonds is 5. The van der Waals surface area contributed by atoms with Crippen molar-refractivity contribution in [2.24, 2.45) is 5.73 Å². The highest BCUT2D eigenvalue weighted by molar-refractivity contribution is 6.31. The third-order valence-corrected chi connectivity index (χ3v) is 3.64. The molecule has 21 heavy (non-hydrogen) atoms. The Kier molecular flexibility index (Phi) is 4.70. The molecule has 0 aromatic heterocycles. The van der Waals surface area contributed by atoms with Gasteiger partial charge in [-0.15, -0.1) is 0 Å². The van der Waals surface area contributed by atoms with Crippen molar-refractivity contribution >= 4 is 23.2 Å². The lowest BCUT2D eigenvalue weighted by Crippen LogP contribution is -2.15. The maximum Gasteiger partial charge on any atom is 0.249 e. The third kappa shape index (κ3) is 3.47. The topological polar surface area (TPSA) is 64.3 Å². The summed E-state index contributed by atoms with van der Waals surface area (Å²) in [5, 5.41) is 3.90. The fourth-order valence-corrected chi connectivity index (χ4v) is 2.23. The Bertz CT molecular complexity index is 671. The number of primary amides is 1. The summed E-state index contributed by atoms with van der Waals surface area (Å²) in [6.07, 6.45) is 0. The van der Waals surface area contributed by atoms with Gasteiger partial charge >= 0.3 is 0 Å². The van der Waals surface area contributed by atoms with Crippen LogP contribution in [0.3, 0.4) is 0 Å². The molecular formula is C16H17ClN2O2. The van der Waals surface area contributed by atoms with Crippen molar-refractivity contribution in [3.63, 3.8) is 0 Å². The molecule has 110 valence electrons. The van der Waals surface area contributed by atoms with Gasteiger partial charge < -0.3 is 15.8 Å². The van der Waals surface area contributed by atoms with Crippen LogP contribution in [-0.2, 0) is 6.54 Å². The first-order valence-electron chi connectivity index (χ1n) is 6.48. The van der Waals surface area contributed by atoms with E-state index in [1.807, 2.05) is 25.1 Å². The molecule has 0 spiro atoms. The zero-order valence-electron chi connectivity index (χ0n) is 11.9. The van der Waals surface area contributed by atoms with Crippen LogP contribution < -0.4 is 15.8 Å². The summed E-state index contributed by atoms with van der Waals surface area (Å²) in [6.45, 7) is 2.39. The fourth-order valence-electron chi connectivity index (χ4n) is 2.08. The Morgan fingerprint density at radius 2 is 2.05 bits per heavy atom. The van der Waals surface area contributed by atoms with Gasteiger partial charge in [-0.3, -0.25) is 4.79 Å². The number of hydrogen-bond acceptors (Lipinski definition) is 3. The molecule has 0 bridgehead atoms. The lowest BCUT2D eigenvalue weighted by molar-refractivity contribution is 0.0999. The minimum absolute atomic E-state index is 0.438. The predicted octanol–water partition coefficient (Wildman–Crippen LogP) is 3.37. The van der Waals surface area contributed by atoms with Crippen LogP contribution in [-0.4, -0.2) is 13.0 Å². The van der Waals surface area contributed by atoms with E-state index < -0.39 is 5.91 Å². The highest BCUT2D eigenvalue weighted by Crippen LogP contribution is 2.31. The normalized spacial score (nSPS) is 10.2. The number of hydrogen-bond donors (Lipinski definition) is 2. The molecule has 0 heterocycles. The van der Waals surface area contributed by atoms with Crippen LogP contribution in [0.2, 0.25) is 5.02 Å². The number of anilines is 1. The molecule has 0 aliphatic rings. The monoisotopic (exact) mass is 304 g/mol. The summed E-state index contributed by atoms with van der Waals surface area (Å²) in [7, 11) is 1.59. The van der Waals surface area contributed by atoms with E-state index in [0.717, 1.165) is 16.8 Å². The second-order valence-corrected chi connectivity index (χ2v) is 5.08. The largest absolute Gasteiger partial charge is 0.495 e. The summed E-state index contributed by atoms with van der Waals surface area (Å²) in [4.78, 5) is 11.4. The van der Waals surface area contributed by atoms with Gasteiger partial charge in [0, 0.05) is 23.2 Å². The summed E-state index contributed by atoms with van der Waals surface area (Å²) in [6, 6.07) is 10.9. The van der Waals surface area contributed by atoms with E-state index in [2.05, 4.69) is 5.32 Å². The summed E-state index contributed by atoms with van der Waals surface area (Å²) >= 11 is 6.08. The lowest BCUT2D eigenvalue weighted by Gasteiger charge is -2.14. The number of methoxy groups -OCH3 is 1. The number of carbonyl (C=O) groups excluding carboxylic acids is 1. The molecule has 0 radical (unpaired) electrons. The van der Waals surface area contributed by atoms with E-state index in [9.17, 15) is 4.79 Å². The van der Waals surface area contributed by atoms with E-state index in [-0.39, 0.29) is 0 Å². The van der Waals surface area contributed by atoms with Crippen LogP contribution in [0.4, 0.5) is 5.69 Å². The molecule has 0 saturated heterocycles. The molecule has 2 aromatic rings. The highest BCUT2D eigenvalue weighted by Gasteiger charge is 2.10. The minimum Gasteiger partial charge on any atom is -0.495 e. The van der Waals surface area contributed by atoms with Gasteiger partial charge in [0.15, 0.2) is 0 Å². The molecule has 0 fully saturated rings. The van der Waals surface area contributed by atoms with Gasteiger partial charge in [-0.2, -0.15) is 0 Å². The molecule has 0 saturated carbocycles. The van der Waals surface area contributed by atoms with Gasteiger partial charge in [0.2, 0.25) is 5.91 Å². The number of nitrogens with one attached hydrogen (secondary N) is 1. The first kappa shape index (κ1) is 15.2. The van der Waals surface area contributed by atoms with E-state index in [0.29, 0.717) is 22.9 Å². The lowest BCUT2D eigenvalue weighted by atomic mass is 10.1.